The molecule has 30 heavy (non-hydrogen) atoms. The lowest BCUT2D eigenvalue weighted by Gasteiger charge is -2.31. The van der Waals surface area contributed by atoms with Crippen molar-refractivity contribution in [2.24, 2.45) is 0 Å². The van der Waals surface area contributed by atoms with Crippen LogP contribution in [-0.2, 0) is 10.0 Å². The molecular formula is C22H22N2O5S. The number of nitrogens with zero attached hydrogens (tertiary/aromatic N) is 2. The number of sulfonamides is 1. The number of nitro benzene ring substituents is 1. The zero-order chi connectivity index (χ0) is 21.9. The lowest BCUT2D eigenvalue weighted by Crippen LogP contribution is -2.34. The van der Waals surface area contributed by atoms with Gasteiger partial charge in [0.2, 0.25) is 0 Å². The molecule has 0 aliphatic heterocycles. The maximum absolute atomic E-state index is 13.6. The summed E-state index contributed by atoms with van der Waals surface area (Å²) in [5.41, 5.74) is 2.01. The van der Waals surface area contributed by atoms with Gasteiger partial charge in [-0.05, 0) is 44.2 Å². The maximum Gasteiger partial charge on any atom is 0.269 e. The molecule has 3 aromatic rings. The fraction of sp³-hybridized carbons (Fsp3) is 0.182. The predicted octanol–water partition coefficient (Wildman–Crippen LogP) is 4.87. The van der Waals surface area contributed by atoms with Gasteiger partial charge in [-0.25, -0.2) is 8.42 Å². The zero-order valence-electron chi connectivity index (χ0n) is 16.8. The summed E-state index contributed by atoms with van der Waals surface area (Å²) in [7, 11) is -2.49. The SMILES string of the molecule is COc1ccccc1C(C)N(c1ccc(C)cc1)S(=O)(=O)c1ccc([N+](=O)[O-])cc1. The van der Waals surface area contributed by atoms with Crippen molar-refractivity contribution >= 4 is 21.4 Å². The minimum atomic E-state index is -4.03. The van der Waals surface area contributed by atoms with Crippen LogP contribution in [0, 0.1) is 17.0 Å². The van der Waals surface area contributed by atoms with Gasteiger partial charge in [-0.3, -0.25) is 14.4 Å². The van der Waals surface area contributed by atoms with Crippen LogP contribution in [-0.4, -0.2) is 20.5 Å². The molecule has 1 atom stereocenters. The number of methoxy groups -OCH3 is 1. The van der Waals surface area contributed by atoms with Crippen LogP contribution < -0.4 is 9.04 Å². The number of para-hydroxylation sites is 1. The summed E-state index contributed by atoms with van der Waals surface area (Å²) in [5, 5.41) is 10.9. The molecule has 0 saturated carbocycles. The van der Waals surface area contributed by atoms with E-state index in [1.807, 2.05) is 37.3 Å². The monoisotopic (exact) mass is 426 g/mol. The Morgan fingerprint density at radius 3 is 2.13 bits per heavy atom. The molecule has 0 heterocycles. The first kappa shape index (κ1) is 21.3. The molecule has 8 heteroatoms. The normalized spacial score (nSPS) is 12.2. The van der Waals surface area contributed by atoms with Crippen LogP contribution in [0.25, 0.3) is 0 Å². The van der Waals surface area contributed by atoms with Gasteiger partial charge in [0.05, 0.1) is 28.7 Å². The van der Waals surface area contributed by atoms with Crippen molar-refractivity contribution in [3.05, 3.63) is 94.0 Å². The van der Waals surface area contributed by atoms with Crippen molar-refractivity contribution in [1.82, 2.24) is 0 Å². The molecule has 0 aliphatic rings. The molecular weight excluding hydrogens is 404 g/mol. The van der Waals surface area contributed by atoms with Crippen LogP contribution in [0.2, 0.25) is 0 Å². The van der Waals surface area contributed by atoms with Crippen molar-refractivity contribution in [3.8, 4) is 5.75 Å². The maximum atomic E-state index is 13.6. The lowest BCUT2D eigenvalue weighted by atomic mass is 10.1. The van der Waals surface area contributed by atoms with Crippen LogP contribution in [0.15, 0.2) is 77.7 Å². The largest absolute Gasteiger partial charge is 0.496 e. The average Bonchev–Trinajstić information content (AvgIpc) is 2.75. The van der Waals surface area contributed by atoms with Crippen molar-refractivity contribution < 1.29 is 18.1 Å². The summed E-state index contributed by atoms with van der Waals surface area (Å²) in [6, 6.07) is 18.7. The van der Waals surface area contributed by atoms with E-state index in [-0.39, 0.29) is 10.6 Å². The molecule has 0 fully saturated rings. The molecule has 1 unspecified atom stereocenters. The average molecular weight is 426 g/mol. The molecule has 0 N–H and O–H groups in total. The first-order chi connectivity index (χ1) is 14.3. The summed E-state index contributed by atoms with van der Waals surface area (Å²) >= 11 is 0. The Morgan fingerprint density at radius 2 is 1.57 bits per heavy atom. The summed E-state index contributed by atoms with van der Waals surface area (Å²) in [6.45, 7) is 3.70. The Morgan fingerprint density at radius 1 is 0.967 bits per heavy atom. The van der Waals surface area contributed by atoms with Crippen LogP contribution in [0.3, 0.4) is 0 Å². The second-order valence-electron chi connectivity index (χ2n) is 6.81. The molecule has 0 amide bonds. The minimum Gasteiger partial charge on any atom is -0.496 e. The number of anilines is 1. The fourth-order valence-electron chi connectivity index (χ4n) is 3.25. The Labute approximate surface area is 175 Å². The number of benzene rings is 3. The topological polar surface area (TPSA) is 89.8 Å². The third-order valence-corrected chi connectivity index (χ3v) is 6.75. The van der Waals surface area contributed by atoms with Crippen molar-refractivity contribution in [2.75, 3.05) is 11.4 Å². The van der Waals surface area contributed by atoms with E-state index < -0.39 is 21.0 Å². The molecule has 0 bridgehead atoms. The molecule has 7 nitrogen and oxygen atoms in total. The summed E-state index contributed by atoms with van der Waals surface area (Å²) in [6.07, 6.45) is 0. The Bertz CT molecular complexity index is 1140. The molecule has 0 spiro atoms. The Kier molecular flexibility index (Phi) is 6.07. The first-order valence-corrected chi connectivity index (χ1v) is 10.7. The number of aryl methyl sites for hydroxylation is 1. The smallest absolute Gasteiger partial charge is 0.269 e. The van der Waals surface area contributed by atoms with Gasteiger partial charge in [0.25, 0.3) is 15.7 Å². The number of rotatable bonds is 7. The van der Waals surface area contributed by atoms with E-state index in [1.165, 1.54) is 35.7 Å². The summed E-state index contributed by atoms with van der Waals surface area (Å²) < 4.78 is 34.0. The van der Waals surface area contributed by atoms with Crippen molar-refractivity contribution in [1.29, 1.82) is 0 Å². The third-order valence-electron chi connectivity index (χ3n) is 4.83. The van der Waals surface area contributed by atoms with Gasteiger partial charge < -0.3 is 4.74 Å². The molecule has 3 rings (SSSR count). The van der Waals surface area contributed by atoms with E-state index in [0.717, 1.165) is 5.56 Å². The summed E-state index contributed by atoms with van der Waals surface area (Å²) in [5.74, 6) is 0.570. The third kappa shape index (κ3) is 4.13. The number of hydrogen-bond donors (Lipinski definition) is 0. The van der Waals surface area contributed by atoms with Crippen LogP contribution in [0.1, 0.15) is 24.1 Å². The van der Waals surface area contributed by atoms with E-state index in [9.17, 15) is 18.5 Å². The predicted molar refractivity (Wildman–Crippen MR) is 115 cm³/mol. The number of ether oxygens (including phenoxy) is 1. The quantitative estimate of drug-likeness (QED) is 0.397. The summed E-state index contributed by atoms with van der Waals surface area (Å²) in [4.78, 5) is 10.3. The van der Waals surface area contributed by atoms with Gasteiger partial charge in [-0.1, -0.05) is 35.9 Å². The van der Waals surface area contributed by atoms with Gasteiger partial charge in [0.1, 0.15) is 5.75 Å². The fourth-order valence-corrected chi connectivity index (χ4v) is 4.89. The van der Waals surface area contributed by atoms with Crippen LogP contribution in [0.5, 0.6) is 5.75 Å². The second-order valence-corrected chi connectivity index (χ2v) is 8.62. The van der Waals surface area contributed by atoms with Crippen molar-refractivity contribution in [3.63, 3.8) is 0 Å². The Hall–Kier alpha value is -3.39. The highest BCUT2D eigenvalue weighted by molar-refractivity contribution is 7.92. The van der Waals surface area contributed by atoms with Gasteiger partial charge >= 0.3 is 0 Å². The van der Waals surface area contributed by atoms with E-state index in [1.54, 1.807) is 25.1 Å². The minimum absolute atomic E-state index is 0.0320. The van der Waals surface area contributed by atoms with Gasteiger partial charge in [-0.15, -0.1) is 0 Å². The highest BCUT2D eigenvalue weighted by Gasteiger charge is 2.32. The van der Waals surface area contributed by atoms with E-state index in [0.29, 0.717) is 17.0 Å². The second kappa shape index (κ2) is 8.54. The first-order valence-electron chi connectivity index (χ1n) is 9.24. The molecule has 3 aromatic carbocycles. The van der Waals surface area contributed by atoms with Gasteiger partial charge in [0.15, 0.2) is 0 Å². The zero-order valence-corrected chi connectivity index (χ0v) is 17.7. The van der Waals surface area contributed by atoms with Gasteiger partial charge in [0, 0.05) is 17.7 Å². The molecule has 0 aromatic heterocycles. The molecule has 0 radical (unpaired) electrons. The highest BCUT2D eigenvalue weighted by atomic mass is 32.2. The van der Waals surface area contributed by atoms with E-state index in [2.05, 4.69) is 0 Å². The molecule has 156 valence electrons. The van der Waals surface area contributed by atoms with Gasteiger partial charge in [-0.2, -0.15) is 0 Å². The lowest BCUT2D eigenvalue weighted by molar-refractivity contribution is -0.384. The molecule has 0 aliphatic carbocycles. The van der Waals surface area contributed by atoms with Crippen LogP contribution >= 0.6 is 0 Å². The van der Waals surface area contributed by atoms with Crippen LogP contribution in [0.4, 0.5) is 11.4 Å². The number of hydrogen-bond acceptors (Lipinski definition) is 5. The Balaban J connectivity index is 2.16. The number of nitro groups is 1. The number of non-ortho nitro benzene ring substituents is 1. The highest BCUT2D eigenvalue weighted by Crippen LogP contribution is 2.37. The standard InChI is InChI=1S/C22H22N2O5S/c1-16-8-10-18(11-9-16)23(17(2)21-6-4-5-7-22(21)29-3)30(27,28)20-14-12-19(13-15-20)24(25)26/h4-15,17H,1-3H3. The van der Waals surface area contributed by atoms with E-state index in [4.69, 9.17) is 4.74 Å². The molecule has 0 saturated heterocycles. The van der Waals surface area contributed by atoms with E-state index >= 15 is 0 Å². The van der Waals surface area contributed by atoms with Crippen molar-refractivity contribution in [2.45, 2.75) is 24.8 Å².